The van der Waals surface area contributed by atoms with Crippen molar-refractivity contribution in [3.63, 3.8) is 0 Å². The third-order valence-electron chi connectivity index (χ3n) is 3.64. The van der Waals surface area contributed by atoms with E-state index in [-0.39, 0.29) is 12.1 Å². The minimum absolute atomic E-state index is 0.0119. The molecule has 1 saturated heterocycles. The molecule has 0 aromatic carbocycles. The van der Waals surface area contributed by atoms with Gasteiger partial charge >= 0.3 is 0 Å². The molecule has 2 rings (SSSR count). The maximum atomic E-state index is 5.91. The summed E-state index contributed by atoms with van der Waals surface area (Å²) in [6, 6.07) is 2.00. The SMILES string of the molecule is CCCN1CCOC(C(NN)c2ccnn2CC)C1. The smallest absolute Gasteiger partial charge is 0.0925 e. The lowest BCUT2D eigenvalue weighted by Gasteiger charge is -2.36. The van der Waals surface area contributed by atoms with Crippen LogP contribution in [0.1, 0.15) is 32.0 Å². The molecule has 1 aliphatic rings. The van der Waals surface area contributed by atoms with E-state index in [0.29, 0.717) is 0 Å². The third kappa shape index (κ3) is 3.33. The van der Waals surface area contributed by atoms with Crippen molar-refractivity contribution in [3.05, 3.63) is 18.0 Å². The van der Waals surface area contributed by atoms with Gasteiger partial charge in [-0.05, 0) is 26.0 Å². The molecule has 0 bridgehead atoms. The van der Waals surface area contributed by atoms with Crippen LogP contribution in [0.3, 0.4) is 0 Å². The predicted molar refractivity (Wildman–Crippen MR) is 74.4 cm³/mol. The van der Waals surface area contributed by atoms with Crippen molar-refractivity contribution in [1.82, 2.24) is 20.1 Å². The highest BCUT2D eigenvalue weighted by molar-refractivity contribution is 5.09. The number of morpholine rings is 1. The van der Waals surface area contributed by atoms with Gasteiger partial charge in [-0.15, -0.1) is 0 Å². The van der Waals surface area contributed by atoms with Crippen molar-refractivity contribution in [1.29, 1.82) is 0 Å². The Kier molecular flexibility index (Phi) is 5.33. The molecule has 1 aromatic heterocycles. The van der Waals surface area contributed by atoms with Crippen LogP contribution >= 0.6 is 0 Å². The molecule has 1 aromatic rings. The van der Waals surface area contributed by atoms with Crippen molar-refractivity contribution < 1.29 is 4.74 Å². The lowest BCUT2D eigenvalue weighted by molar-refractivity contribution is -0.0484. The molecule has 3 N–H and O–H groups in total. The van der Waals surface area contributed by atoms with E-state index in [1.54, 1.807) is 0 Å². The van der Waals surface area contributed by atoms with Crippen LogP contribution in [-0.2, 0) is 11.3 Å². The summed E-state index contributed by atoms with van der Waals surface area (Å²) in [5.74, 6) is 5.75. The Labute approximate surface area is 114 Å². The van der Waals surface area contributed by atoms with Gasteiger partial charge in [0.25, 0.3) is 0 Å². The average molecular weight is 267 g/mol. The molecule has 0 spiro atoms. The first-order chi connectivity index (χ1) is 9.30. The van der Waals surface area contributed by atoms with Crippen LogP contribution in [0.5, 0.6) is 0 Å². The molecule has 19 heavy (non-hydrogen) atoms. The van der Waals surface area contributed by atoms with Gasteiger partial charge in [0.05, 0.1) is 24.4 Å². The number of hydrogen-bond donors (Lipinski definition) is 2. The van der Waals surface area contributed by atoms with Crippen LogP contribution in [0.4, 0.5) is 0 Å². The minimum Gasteiger partial charge on any atom is -0.373 e. The maximum Gasteiger partial charge on any atom is 0.0925 e. The summed E-state index contributed by atoms with van der Waals surface area (Å²) >= 11 is 0. The molecule has 0 amide bonds. The number of rotatable bonds is 6. The van der Waals surface area contributed by atoms with Crippen LogP contribution in [0.2, 0.25) is 0 Å². The molecule has 2 unspecified atom stereocenters. The second-order valence-corrected chi connectivity index (χ2v) is 4.93. The minimum atomic E-state index is -0.0119. The molecule has 0 aliphatic carbocycles. The number of hydrogen-bond acceptors (Lipinski definition) is 5. The zero-order valence-corrected chi connectivity index (χ0v) is 11.9. The topological polar surface area (TPSA) is 68.3 Å². The average Bonchev–Trinajstić information content (AvgIpc) is 2.89. The van der Waals surface area contributed by atoms with Crippen molar-refractivity contribution in [3.8, 4) is 0 Å². The van der Waals surface area contributed by atoms with E-state index in [2.05, 4.69) is 29.3 Å². The van der Waals surface area contributed by atoms with Crippen molar-refractivity contribution in [2.24, 2.45) is 5.84 Å². The summed E-state index contributed by atoms with van der Waals surface area (Å²) in [4.78, 5) is 2.44. The molecular formula is C13H25N5O. The van der Waals surface area contributed by atoms with Gasteiger partial charge in [-0.25, -0.2) is 5.43 Å². The predicted octanol–water partition coefficient (Wildman–Crippen LogP) is 0.518. The fraction of sp³-hybridized carbons (Fsp3) is 0.769. The van der Waals surface area contributed by atoms with Gasteiger partial charge in [0.1, 0.15) is 0 Å². The molecule has 6 heteroatoms. The third-order valence-corrected chi connectivity index (χ3v) is 3.64. The van der Waals surface area contributed by atoms with Crippen molar-refractivity contribution in [2.45, 2.75) is 39.0 Å². The van der Waals surface area contributed by atoms with E-state index in [1.807, 2.05) is 16.9 Å². The van der Waals surface area contributed by atoms with Crippen LogP contribution in [0.15, 0.2) is 12.3 Å². The van der Waals surface area contributed by atoms with E-state index < -0.39 is 0 Å². The van der Waals surface area contributed by atoms with Gasteiger partial charge in [-0.3, -0.25) is 15.4 Å². The molecule has 0 saturated carbocycles. The van der Waals surface area contributed by atoms with Crippen molar-refractivity contribution in [2.75, 3.05) is 26.2 Å². The Bertz CT molecular complexity index is 379. The molecule has 108 valence electrons. The lowest BCUT2D eigenvalue weighted by Crippen LogP contribution is -2.50. The molecule has 6 nitrogen and oxygen atoms in total. The second-order valence-electron chi connectivity index (χ2n) is 4.93. The molecule has 1 fully saturated rings. The lowest BCUT2D eigenvalue weighted by atomic mass is 10.1. The summed E-state index contributed by atoms with van der Waals surface area (Å²) in [6.45, 7) is 8.93. The largest absolute Gasteiger partial charge is 0.373 e. The van der Waals surface area contributed by atoms with Crippen LogP contribution in [0.25, 0.3) is 0 Å². The molecule has 1 aliphatic heterocycles. The summed E-state index contributed by atoms with van der Waals surface area (Å²) in [5, 5.41) is 4.31. The normalized spacial score (nSPS) is 22.6. The fourth-order valence-electron chi connectivity index (χ4n) is 2.71. The van der Waals surface area contributed by atoms with Crippen LogP contribution in [0, 0.1) is 0 Å². The van der Waals surface area contributed by atoms with Gasteiger partial charge in [-0.2, -0.15) is 5.10 Å². The highest BCUT2D eigenvalue weighted by Crippen LogP contribution is 2.21. The van der Waals surface area contributed by atoms with E-state index in [4.69, 9.17) is 10.6 Å². The molecular weight excluding hydrogens is 242 g/mol. The van der Waals surface area contributed by atoms with E-state index in [9.17, 15) is 0 Å². The quantitative estimate of drug-likeness (QED) is 0.581. The Morgan fingerprint density at radius 3 is 3.11 bits per heavy atom. The van der Waals surface area contributed by atoms with Gasteiger partial charge in [0.15, 0.2) is 0 Å². The summed E-state index contributed by atoms with van der Waals surface area (Å²) < 4.78 is 7.87. The number of aromatic nitrogens is 2. The number of hydrazine groups is 1. The standard InChI is InChI=1S/C13H25N5O/c1-3-7-17-8-9-19-12(10-17)13(16-14)11-5-6-15-18(11)4-2/h5-6,12-13,16H,3-4,7-10,14H2,1-2H3. The van der Waals surface area contributed by atoms with Gasteiger partial charge in [-0.1, -0.05) is 6.92 Å². The summed E-state index contributed by atoms with van der Waals surface area (Å²) in [7, 11) is 0. The Morgan fingerprint density at radius 2 is 2.42 bits per heavy atom. The highest BCUT2D eigenvalue weighted by atomic mass is 16.5. The first kappa shape index (κ1) is 14.5. The molecule has 2 heterocycles. The highest BCUT2D eigenvalue weighted by Gasteiger charge is 2.30. The number of aryl methyl sites for hydroxylation is 1. The first-order valence-electron chi connectivity index (χ1n) is 7.11. The molecule has 2 atom stereocenters. The second kappa shape index (κ2) is 7.00. The zero-order chi connectivity index (χ0) is 13.7. The van der Waals surface area contributed by atoms with Gasteiger partial charge in [0.2, 0.25) is 0 Å². The van der Waals surface area contributed by atoms with Gasteiger partial charge < -0.3 is 4.74 Å². The zero-order valence-electron chi connectivity index (χ0n) is 11.9. The number of ether oxygens (including phenoxy) is 1. The molecule has 0 radical (unpaired) electrons. The van der Waals surface area contributed by atoms with E-state index in [0.717, 1.165) is 38.5 Å². The van der Waals surface area contributed by atoms with Crippen LogP contribution in [-0.4, -0.2) is 47.0 Å². The van der Waals surface area contributed by atoms with Crippen molar-refractivity contribution >= 4 is 0 Å². The summed E-state index contributed by atoms with van der Waals surface area (Å²) in [6.07, 6.45) is 3.06. The Balaban J connectivity index is 2.08. The van der Waals surface area contributed by atoms with E-state index in [1.165, 1.54) is 6.42 Å². The Hall–Kier alpha value is -0.950. The number of nitrogens with one attached hydrogen (secondary N) is 1. The fourth-order valence-corrected chi connectivity index (χ4v) is 2.71. The van der Waals surface area contributed by atoms with E-state index >= 15 is 0 Å². The van der Waals surface area contributed by atoms with Gasteiger partial charge in [0, 0.05) is 25.8 Å². The maximum absolute atomic E-state index is 5.91. The number of nitrogens with zero attached hydrogens (tertiary/aromatic N) is 3. The van der Waals surface area contributed by atoms with Crippen LogP contribution < -0.4 is 11.3 Å². The summed E-state index contributed by atoms with van der Waals surface area (Å²) in [5.41, 5.74) is 3.99. The first-order valence-corrected chi connectivity index (χ1v) is 7.11. The Morgan fingerprint density at radius 1 is 1.58 bits per heavy atom. The number of nitrogens with two attached hydrogens (primary N) is 1. The monoisotopic (exact) mass is 267 g/mol.